The fourth-order valence-electron chi connectivity index (χ4n) is 1.13. The van der Waals surface area contributed by atoms with Gasteiger partial charge >= 0.3 is 0 Å². The summed E-state index contributed by atoms with van der Waals surface area (Å²) < 4.78 is 2.03. The number of rotatable bonds is 2. The van der Waals surface area contributed by atoms with Crippen molar-refractivity contribution in [2.45, 2.75) is 34.6 Å². The van der Waals surface area contributed by atoms with Crippen molar-refractivity contribution in [3.63, 3.8) is 0 Å². The molecule has 78 valence electrons. The molecule has 0 N–H and O–H groups in total. The first-order chi connectivity index (χ1) is 6.70. The number of hydrogen-bond acceptors (Lipinski definition) is 1. The Hall–Kier alpha value is -1.31. The monoisotopic (exact) mass is 192 g/mol. The molecule has 0 aromatic carbocycles. The van der Waals surface area contributed by atoms with E-state index in [9.17, 15) is 0 Å². The topological polar surface area (TPSA) is 17.8 Å². The highest BCUT2D eigenvalue weighted by Gasteiger charge is 2.04. The summed E-state index contributed by atoms with van der Waals surface area (Å²) in [7, 11) is 0. The van der Waals surface area contributed by atoms with Gasteiger partial charge in [-0.2, -0.15) is 0 Å². The van der Waals surface area contributed by atoms with Gasteiger partial charge in [0.15, 0.2) is 0 Å². The van der Waals surface area contributed by atoms with Crippen LogP contribution in [0.2, 0.25) is 0 Å². The molecule has 0 bridgehead atoms. The third kappa shape index (κ3) is 2.59. The van der Waals surface area contributed by atoms with Gasteiger partial charge in [-0.05, 0) is 26.8 Å². The highest BCUT2D eigenvalue weighted by atomic mass is 15.1. The zero-order valence-corrected chi connectivity index (χ0v) is 9.83. The lowest BCUT2D eigenvalue weighted by molar-refractivity contribution is 1.05. The highest BCUT2D eigenvalue weighted by molar-refractivity contribution is 5.45. The van der Waals surface area contributed by atoms with E-state index in [-0.39, 0.29) is 0 Å². The van der Waals surface area contributed by atoms with Crippen LogP contribution in [0.15, 0.2) is 12.7 Å². The average molecular weight is 192 g/mol. The maximum absolute atomic E-state index is 4.34. The van der Waals surface area contributed by atoms with Crippen LogP contribution in [0, 0.1) is 13.8 Å². The summed E-state index contributed by atoms with van der Waals surface area (Å²) in [5, 5.41) is 0. The molecule has 0 fully saturated rings. The van der Waals surface area contributed by atoms with Gasteiger partial charge in [-0.1, -0.05) is 26.5 Å². The molecule has 0 saturated heterocycles. The van der Waals surface area contributed by atoms with Crippen LogP contribution in [0.5, 0.6) is 0 Å². The van der Waals surface area contributed by atoms with E-state index in [1.165, 1.54) is 5.69 Å². The van der Waals surface area contributed by atoms with Gasteiger partial charge in [0.25, 0.3) is 0 Å². The van der Waals surface area contributed by atoms with Crippen molar-refractivity contribution in [1.29, 1.82) is 0 Å². The van der Waals surface area contributed by atoms with Crippen LogP contribution in [0.4, 0.5) is 0 Å². The van der Waals surface area contributed by atoms with E-state index in [2.05, 4.69) is 18.5 Å². The first-order valence-corrected chi connectivity index (χ1v) is 5.01. The Kier molecular flexibility index (Phi) is 5.61. The summed E-state index contributed by atoms with van der Waals surface area (Å²) in [5.41, 5.74) is 2.23. The molecule has 0 amide bonds. The van der Waals surface area contributed by atoms with Crippen LogP contribution in [-0.2, 0) is 0 Å². The van der Waals surface area contributed by atoms with Gasteiger partial charge in [0.05, 0.1) is 5.69 Å². The molecule has 2 nitrogen and oxygen atoms in total. The molecule has 0 radical (unpaired) electrons. The number of allylic oxidation sites excluding steroid dienone is 1. The molecule has 0 aliphatic heterocycles. The van der Waals surface area contributed by atoms with Gasteiger partial charge < -0.3 is 4.57 Å². The van der Waals surface area contributed by atoms with Crippen LogP contribution in [0.25, 0.3) is 12.3 Å². The molecule has 1 heterocycles. The smallest absolute Gasteiger partial charge is 0.136 e. The van der Waals surface area contributed by atoms with Gasteiger partial charge in [-0.3, -0.25) is 0 Å². The van der Waals surface area contributed by atoms with E-state index >= 15 is 0 Å². The predicted octanol–water partition coefficient (Wildman–Crippen LogP) is 3.66. The summed E-state index contributed by atoms with van der Waals surface area (Å²) in [5.74, 6) is 0.906. The molecule has 0 aliphatic rings. The largest absolute Gasteiger partial charge is 0.304 e. The normalized spacial score (nSPS) is 9.79. The summed E-state index contributed by atoms with van der Waals surface area (Å²) in [4.78, 5) is 4.34. The molecule has 1 aromatic rings. The Morgan fingerprint density at radius 3 is 2.29 bits per heavy atom. The van der Waals surface area contributed by atoms with E-state index in [1.54, 1.807) is 6.08 Å². The van der Waals surface area contributed by atoms with Crippen LogP contribution >= 0.6 is 0 Å². The van der Waals surface area contributed by atoms with E-state index in [0.717, 1.165) is 11.5 Å². The molecule has 1 aromatic heterocycles. The van der Waals surface area contributed by atoms with Gasteiger partial charge in [0, 0.05) is 11.9 Å². The van der Waals surface area contributed by atoms with Crippen molar-refractivity contribution < 1.29 is 0 Å². The summed E-state index contributed by atoms with van der Waals surface area (Å²) in [6, 6.07) is 0. The van der Waals surface area contributed by atoms with Crippen molar-refractivity contribution in [3.8, 4) is 0 Å². The summed E-state index contributed by atoms with van der Waals surface area (Å²) >= 11 is 0. The molecule has 0 atom stereocenters. The van der Waals surface area contributed by atoms with Crippen LogP contribution in [-0.4, -0.2) is 9.55 Å². The van der Waals surface area contributed by atoms with Gasteiger partial charge in [0.1, 0.15) is 5.82 Å². The van der Waals surface area contributed by atoms with Crippen LogP contribution in [0.3, 0.4) is 0 Å². The van der Waals surface area contributed by atoms with Gasteiger partial charge in [-0.25, -0.2) is 4.98 Å². The Labute approximate surface area is 87.0 Å². The van der Waals surface area contributed by atoms with Crippen molar-refractivity contribution >= 4 is 12.3 Å². The zero-order chi connectivity index (χ0) is 11.1. The molecule has 0 aliphatic carbocycles. The van der Waals surface area contributed by atoms with Crippen molar-refractivity contribution in [3.05, 3.63) is 29.9 Å². The lowest BCUT2D eigenvalue weighted by Crippen LogP contribution is -1.91. The second kappa shape index (κ2) is 6.19. The van der Waals surface area contributed by atoms with Crippen molar-refractivity contribution in [1.82, 2.24) is 9.55 Å². The van der Waals surface area contributed by atoms with Crippen molar-refractivity contribution in [2.75, 3.05) is 0 Å². The molecular formula is C12H20N2. The van der Waals surface area contributed by atoms with Crippen molar-refractivity contribution in [2.24, 2.45) is 0 Å². The minimum absolute atomic E-state index is 0.906. The minimum atomic E-state index is 0.906. The van der Waals surface area contributed by atoms with E-state index in [1.807, 2.05) is 44.5 Å². The number of aryl methyl sites for hydroxylation is 1. The molecule has 2 heteroatoms. The second-order valence-corrected chi connectivity index (χ2v) is 2.70. The summed E-state index contributed by atoms with van der Waals surface area (Å²) in [6.45, 7) is 13.8. The number of hydrogen-bond donors (Lipinski definition) is 0. The lowest BCUT2D eigenvalue weighted by atomic mass is 10.4. The number of aromatic nitrogens is 2. The van der Waals surface area contributed by atoms with Gasteiger partial charge in [-0.15, -0.1) is 0 Å². The minimum Gasteiger partial charge on any atom is -0.304 e. The molecule has 0 saturated carbocycles. The fourth-order valence-corrected chi connectivity index (χ4v) is 1.13. The number of nitrogens with zero attached hydrogens (tertiary/aromatic N) is 2. The highest BCUT2D eigenvalue weighted by Crippen LogP contribution is 2.11. The Morgan fingerprint density at radius 1 is 1.29 bits per heavy atom. The molecular weight excluding hydrogens is 172 g/mol. The maximum Gasteiger partial charge on any atom is 0.136 e. The molecule has 0 spiro atoms. The second-order valence-electron chi connectivity index (χ2n) is 2.70. The standard InChI is InChI=1S/C10H14N2.C2H6/c1-5-7-12-9(4)8(3)11-10(12)6-2;1-2/h5-7H,2H2,1,3-4H3;1-2H3/b7-5-;. The molecule has 1 rings (SSSR count). The third-order valence-corrected chi connectivity index (χ3v) is 1.89. The number of imidazole rings is 1. The quantitative estimate of drug-likeness (QED) is 0.699. The maximum atomic E-state index is 4.34. The SMILES string of the molecule is C=Cc1nc(C)c(C)n1/C=C\C.CC. The Morgan fingerprint density at radius 2 is 1.86 bits per heavy atom. The van der Waals surface area contributed by atoms with E-state index in [0.29, 0.717) is 0 Å². The zero-order valence-electron chi connectivity index (χ0n) is 9.83. The first-order valence-electron chi connectivity index (χ1n) is 5.01. The Bertz CT molecular complexity index is 319. The fraction of sp³-hybridized carbons (Fsp3) is 0.417. The Balaban J connectivity index is 0.000000791. The van der Waals surface area contributed by atoms with Crippen LogP contribution in [0.1, 0.15) is 38.0 Å². The molecule has 14 heavy (non-hydrogen) atoms. The van der Waals surface area contributed by atoms with E-state index < -0.39 is 0 Å². The average Bonchev–Trinajstić information content (AvgIpc) is 2.49. The molecule has 0 unspecified atom stereocenters. The lowest BCUT2D eigenvalue weighted by Gasteiger charge is -1.98. The first kappa shape index (κ1) is 12.7. The summed E-state index contributed by atoms with van der Waals surface area (Å²) in [6.07, 6.45) is 5.74. The predicted molar refractivity (Wildman–Crippen MR) is 64.1 cm³/mol. The third-order valence-electron chi connectivity index (χ3n) is 1.89. The van der Waals surface area contributed by atoms with Crippen LogP contribution < -0.4 is 0 Å². The van der Waals surface area contributed by atoms with Gasteiger partial charge in [0.2, 0.25) is 0 Å². The van der Waals surface area contributed by atoms with E-state index in [4.69, 9.17) is 0 Å².